The minimum absolute atomic E-state index is 0.220. The predicted octanol–water partition coefficient (Wildman–Crippen LogP) is 4.86. The van der Waals surface area contributed by atoms with Crippen molar-refractivity contribution in [1.82, 2.24) is 10.2 Å². The average Bonchev–Trinajstić information content (AvgIpc) is 2.53. The number of carbonyl (C=O) groups excluding carboxylic acids is 1. The normalized spacial score (nSPS) is 9.10. The van der Waals surface area contributed by atoms with Gasteiger partial charge in [0, 0.05) is 20.0 Å². The minimum Gasteiger partial charge on any atom is -0.343 e. The van der Waals surface area contributed by atoms with E-state index in [0.717, 1.165) is 45.4 Å². The highest BCUT2D eigenvalue weighted by Crippen LogP contribution is 1.99. The highest BCUT2D eigenvalue weighted by molar-refractivity contribution is 5.73. The first-order valence-corrected chi connectivity index (χ1v) is 9.18. The van der Waals surface area contributed by atoms with Gasteiger partial charge >= 0.3 is 0 Å². The van der Waals surface area contributed by atoms with Crippen molar-refractivity contribution >= 4 is 5.91 Å². The predicted molar refractivity (Wildman–Crippen MR) is 96.9 cm³/mol. The highest BCUT2D eigenvalue weighted by Gasteiger charge is 2.06. The van der Waals surface area contributed by atoms with Crippen LogP contribution in [0.2, 0.25) is 0 Å². The number of unbranched alkanes of at least 4 members (excludes halogenated alkanes) is 3. The molecule has 0 aromatic rings. The van der Waals surface area contributed by atoms with Crippen molar-refractivity contribution in [3.63, 3.8) is 0 Å². The lowest BCUT2D eigenvalue weighted by Gasteiger charge is -2.20. The molecular weight excluding hydrogens is 260 g/mol. The van der Waals surface area contributed by atoms with Crippen LogP contribution in [-0.4, -0.2) is 37.0 Å². The van der Waals surface area contributed by atoms with Crippen LogP contribution in [-0.2, 0) is 4.79 Å². The van der Waals surface area contributed by atoms with Crippen LogP contribution < -0.4 is 5.32 Å². The van der Waals surface area contributed by atoms with Crippen LogP contribution in [0, 0.1) is 0 Å². The maximum Gasteiger partial charge on any atom is 0.219 e. The molecular formula is C18H42N2O. The zero-order valence-corrected chi connectivity index (χ0v) is 15.9. The molecule has 0 aliphatic heterocycles. The summed E-state index contributed by atoms with van der Waals surface area (Å²) in [5.74, 6) is 0.220. The van der Waals surface area contributed by atoms with E-state index in [1.807, 2.05) is 32.6 Å². The third-order valence-electron chi connectivity index (χ3n) is 2.97. The molecule has 0 saturated heterocycles. The molecule has 0 bridgehead atoms. The molecule has 21 heavy (non-hydrogen) atoms. The van der Waals surface area contributed by atoms with Crippen LogP contribution in [0.15, 0.2) is 0 Å². The molecule has 1 amide bonds. The lowest BCUT2D eigenvalue weighted by atomic mass is 10.2. The fourth-order valence-electron chi connectivity index (χ4n) is 1.76. The molecule has 0 fully saturated rings. The Morgan fingerprint density at radius 1 is 0.810 bits per heavy atom. The maximum absolute atomic E-state index is 11.4. The topological polar surface area (TPSA) is 32.3 Å². The van der Waals surface area contributed by atoms with E-state index in [0.29, 0.717) is 0 Å². The first-order chi connectivity index (χ1) is 10.2. The van der Waals surface area contributed by atoms with E-state index in [1.54, 1.807) is 6.92 Å². The van der Waals surface area contributed by atoms with Gasteiger partial charge in [0.1, 0.15) is 0 Å². The van der Waals surface area contributed by atoms with Crippen LogP contribution in [0.5, 0.6) is 0 Å². The van der Waals surface area contributed by atoms with Gasteiger partial charge in [-0.2, -0.15) is 0 Å². The third kappa shape index (κ3) is 21.9. The van der Waals surface area contributed by atoms with Gasteiger partial charge in [-0.25, -0.2) is 0 Å². The summed E-state index contributed by atoms with van der Waals surface area (Å²) in [6.45, 7) is 18.1. The van der Waals surface area contributed by atoms with Crippen molar-refractivity contribution in [1.29, 1.82) is 0 Å². The molecule has 1 N–H and O–H groups in total. The smallest absolute Gasteiger partial charge is 0.219 e. The van der Waals surface area contributed by atoms with Crippen LogP contribution in [0.1, 0.15) is 87.0 Å². The summed E-state index contributed by atoms with van der Waals surface area (Å²) in [7, 11) is 0. The maximum atomic E-state index is 11.4. The fraction of sp³-hybridized carbons (Fsp3) is 0.944. The lowest BCUT2D eigenvalue weighted by Crippen LogP contribution is -2.31. The van der Waals surface area contributed by atoms with Crippen LogP contribution in [0.25, 0.3) is 0 Å². The molecule has 0 aliphatic carbocycles. The largest absolute Gasteiger partial charge is 0.343 e. The van der Waals surface area contributed by atoms with Crippen LogP contribution >= 0.6 is 0 Å². The van der Waals surface area contributed by atoms with E-state index in [4.69, 9.17) is 0 Å². The molecule has 0 heterocycles. The average molecular weight is 303 g/mol. The zero-order valence-electron chi connectivity index (χ0n) is 15.9. The van der Waals surface area contributed by atoms with Crippen molar-refractivity contribution in [3.8, 4) is 0 Å². The lowest BCUT2D eigenvalue weighted by molar-refractivity contribution is -0.129. The quantitative estimate of drug-likeness (QED) is 0.553. The van der Waals surface area contributed by atoms with Gasteiger partial charge < -0.3 is 10.2 Å². The van der Waals surface area contributed by atoms with Crippen molar-refractivity contribution in [2.75, 3.05) is 26.2 Å². The van der Waals surface area contributed by atoms with Gasteiger partial charge in [0.25, 0.3) is 0 Å². The van der Waals surface area contributed by atoms with Crippen molar-refractivity contribution < 1.29 is 4.79 Å². The van der Waals surface area contributed by atoms with Gasteiger partial charge in [-0.3, -0.25) is 4.79 Å². The number of nitrogens with zero attached hydrogens (tertiary/aromatic N) is 1. The number of amides is 1. The number of rotatable bonds is 11. The van der Waals surface area contributed by atoms with Gasteiger partial charge in [-0.1, -0.05) is 54.4 Å². The second-order valence-electron chi connectivity index (χ2n) is 4.67. The molecule has 0 unspecified atom stereocenters. The number of carbonyl (C=O) groups is 1. The number of hydrogen-bond acceptors (Lipinski definition) is 2. The Labute approximate surface area is 134 Å². The molecule has 0 radical (unpaired) electrons. The molecule has 0 aliphatic rings. The van der Waals surface area contributed by atoms with E-state index in [-0.39, 0.29) is 5.91 Å². The summed E-state index contributed by atoms with van der Waals surface area (Å²) in [4.78, 5) is 13.3. The summed E-state index contributed by atoms with van der Waals surface area (Å²) in [5, 5.41) is 3.43. The molecule has 3 heteroatoms. The summed E-state index contributed by atoms with van der Waals surface area (Å²) in [6, 6.07) is 0. The Balaban J connectivity index is -0.000000739. The standard InChI is InChI=1S/C14H30N2O.2C2H6/c1-4-6-10-15-11-8-9-13-16(14(3)17)12-7-5-2;2*1-2/h15H,4-13H2,1-3H3;2*1-2H3. The van der Waals surface area contributed by atoms with Crippen molar-refractivity contribution in [2.24, 2.45) is 0 Å². The first kappa shape index (κ1) is 25.4. The number of nitrogens with one attached hydrogen (secondary N) is 1. The Morgan fingerprint density at radius 3 is 1.76 bits per heavy atom. The molecule has 130 valence electrons. The van der Waals surface area contributed by atoms with Crippen molar-refractivity contribution in [2.45, 2.75) is 87.0 Å². The third-order valence-corrected chi connectivity index (χ3v) is 2.97. The van der Waals surface area contributed by atoms with E-state index >= 15 is 0 Å². The van der Waals surface area contributed by atoms with Gasteiger partial charge in [0.05, 0.1) is 0 Å². The van der Waals surface area contributed by atoms with Crippen LogP contribution in [0.4, 0.5) is 0 Å². The summed E-state index contributed by atoms with van der Waals surface area (Å²) < 4.78 is 0. The first-order valence-electron chi connectivity index (χ1n) is 9.18. The van der Waals surface area contributed by atoms with Gasteiger partial charge in [-0.05, 0) is 38.8 Å². The monoisotopic (exact) mass is 302 g/mol. The Morgan fingerprint density at radius 2 is 1.29 bits per heavy atom. The van der Waals surface area contributed by atoms with E-state index in [9.17, 15) is 4.79 Å². The van der Waals surface area contributed by atoms with Gasteiger partial charge in [0.15, 0.2) is 0 Å². The summed E-state index contributed by atoms with van der Waals surface area (Å²) in [6.07, 6.45) is 7.07. The molecule has 0 aromatic heterocycles. The number of hydrogen-bond donors (Lipinski definition) is 1. The second kappa shape index (κ2) is 24.4. The molecule has 0 saturated carbocycles. The van der Waals surface area contributed by atoms with E-state index in [2.05, 4.69) is 19.2 Å². The minimum atomic E-state index is 0.220. The molecule has 0 spiro atoms. The highest BCUT2D eigenvalue weighted by atomic mass is 16.2. The summed E-state index contributed by atoms with van der Waals surface area (Å²) in [5.41, 5.74) is 0. The van der Waals surface area contributed by atoms with E-state index < -0.39 is 0 Å². The van der Waals surface area contributed by atoms with E-state index in [1.165, 1.54) is 19.3 Å². The van der Waals surface area contributed by atoms with Gasteiger partial charge in [0.2, 0.25) is 5.91 Å². The molecule has 3 nitrogen and oxygen atoms in total. The molecule has 0 aromatic carbocycles. The Bertz CT molecular complexity index is 184. The Hall–Kier alpha value is -0.570. The SMILES string of the molecule is CC.CC.CCCCNCCCCN(CCCC)C(C)=O. The molecule has 0 atom stereocenters. The fourth-order valence-corrected chi connectivity index (χ4v) is 1.76. The van der Waals surface area contributed by atoms with Crippen molar-refractivity contribution in [3.05, 3.63) is 0 Å². The molecule has 0 rings (SSSR count). The summed E-state index contributed by atoms with van der Waals surface area (Å²) >= 11 is 0. The Kier molecular flexibility index (Phi) is 29.6. The van der Waals surface area contributed by atoms with Gasteiger partial charge in [-0.15, -0.1) is 0 Å². The zero-order chi connectivity index (χ0) is 16.9. The van der Waals surface area contributed by atoms with Crippen LogP contribution in [0.3, 0.4) is 0 Å². The second-order valence-corrected chi connectivity index (χ2v) is 4.67.